The summed E-state index contributed by atoms with van der Waals surface area (Å²) in [5, 5.41) is 36.4. The van der Waals surface area contributed by atoms with Gasteiger partial charge in [-0.05, 0) is 107 Å². The standard InChI is InChI=1S/C58H72N6O8S/c1-6-49(41-17-23-45(65)24-18-41)53(42-19-25-46(66)26-20-42)43-21-27-48(28-22-43)72-34-33-62-29-31-63(32-30-62)52(69)12-10-8-7-9-11-51(68)61-55(58(3,4)5)57(71)64-37-47(67)35-50(64)56(70)59-36-40-13-15-44(16-14-40)54-39(2)60-38-73-54/h13-28,38,47,50,55,65-67H,6-12,29-37H2,1-5H3,(H,59,70)(H,61,68)/t47-,50+,55?/m1/s1. The summed E-state index contributed by atoms with van der Waals surface area (Å²) in [6.07, 6.45) is 3.66. The van der Waals surface area contributed by atoms with Gasteiger partial charge in [-0.3, -0.25) is 24.1 Å². The number of hydrogen-bond donors (Lipinski definition) is 5. The number of piperazine rings is 1. The lowest BCUT2D eigenvalue weighted by Crippen LogP contribution is -2.57. The normalized spacial score (nSPS) is 17.0. The lowest BCUT2D eigenvalue weighted by Gasteiger charge is -2.35. The van der Waals surface area contributed by atoms with Crippen molar-refractivity contribution in [1.29, 1.82) is 0 Å². The molecule has 1 unspecified atom stereocenters. The fourth-order valence-electron chi connectivity index (χ4n) is 9.65. The van der Waals surface area contributed by atoms with Crippen molar-refractivity contribution >= 4 is 46.1 Å². The number of thiazole rings is 1. The quantitative estimate of drug-likeness (QED) is 0.0353. The zero-order valence-electron chi connectivity index (χ0n) is 42.9. The molecule has 2 saturated heterocycles. The molecule has 3 heterocycles. The second-order valence-electron chi connectivity index (χ2n) is 20.3. The number of allylic oxidation sites excluding steroid dienone is 1. The van der Waals surface area contributed by atoms with E-state index in [4.69, 9.17) is 4.74 Å². The Balaban J connectivity index is 0.788. The van der Waals surface area contributed by atoms with Gasteiger partial charge < -0.3 is 40.5 Å². The van der Waals surface area contributed by atoms with Crippen molar-refractivity contribution in [3.63, 3.8) is 0 Å². The van der Waals surface area contributed by atoms with Crippen LogP contribution in [0.25, 0.3) is 21.6 Å². The number of unbranched alkanes of at least 4 members (excludes halogenated alkanes) is 3. The van der Waals surface area contributed by atoms with Gasteiger partial charge in [-0.15, -0.1) is 11.3 Å². The molecule has 7 rings (SSSR count). The first-order chi connectivity index (χ1) is 35.1. The third kappa shape index (κ3) is 14.8. The molecule has 14 nitrogen and oxygen atoms in total. The van der Waals surface area contributed by atoms with Crippen LogP contribution in [-0.2, 0) is 25.7 Å². The van der Waals surface area contributed by atoms with E-state index in [9.17, 15) is 34.5 Å². The maximum absolute atomic E-state index is 14.1. The fraction of sp³-hybridized carbons (Fsp3) is 0.431. The van der Waals surface area contributed by atoms with Gasteiger partial charge in [0.1, 0.15) is 35.9 Å². The molecule has 388 valence electrons. The predicted molar refractivity (Wildman–Crippen MR) is 287 cm³/mol. The van der Waals surface area contributed by atoms with Crippen molar-refractivity contribution in [3.8, 4) is 27.7 Å². The first-order valence-electron chi connectivity index (χ1n) is 25.7. The third-order valence-electron chi connectivity index (χ3n) is 13.8. The zero-order chi connectivity index (χ0) is 52.1. The van der Waals surface area contributed by atoms with Crippen LogP contribution < -0.4 is 15.4 Å². The van der Waals surface area contributed by atoms with Gasteiger partial charge >= 0.3 is 0 Å². The van der Waals surface area contributed by atoms with Crippen LogP contribution in [0.15, 0.2) is 103 Å². The van der Waals surface area contributed by atoms with Gasteiger partial charge in [-0.25, -0.2) is 4.98 Å². The number of aromatic nitrogens is 1. The number of ether oxygens (including phenoxy) is 1. The summed E-state index contributed by atoms with van der Waals surface area (Å²) in [5.74, 6) is 0.349. The average Bonchev–Trinajstić information content (AvgIpc) is 4.01. The Morgan fingerprint density at radius 2 is 1.40 bits per heavy atom. The Morgan fingerprint density at radius 1 is 0.795 bits per heavy atom. The number of hydrogen-bond acceptors (Lipinski definition) is 11. The van der Waals surface area contributed by atoms with Gasteiger partial charge in [0.25, 0.3) is 0 Å². The molecule has 0 spiro atoms. The number of carbonyl (C=O) groups excluding carboxylic acids is 4. The van der Waals surface area contributed by atoms with E-state index in [1.54, 1.807) is 35.6 Å². The highest BCUT2D eigenvalue weighted by molar-refractivity contribution is 7.13. The summed E-state index contributed by atoms with van der Waals surface area (Å²) >= 11 is 1.58. The topological polar surface area (TPSA) is 185 Å². The summed E-state index contributed by atoms with van der Waals surface area (Å²) in [6.45, 7) is 14.1. The molecule has 5 N–H and O–H groups in total. The Bertz CT molecular complexity index is 2650. The largest absolute Gasteiger partial charge is 0.508 e. The number of rotatable bonds is 21. The van der Waals surface area contributed by atoms with E-state index in [2.05, 4.69) is 39.6 Å². The maximum atomic E-state index is 14.1. The smallest absolute Gasteiger partial charge is 0.246 e. The summed E-state index contributed by atoms with van der Waals surface area (Å²) in [4.78, 5) is 65.0. The van der Waals surface area contributed by atoms with E-state index in [0.717, 1.165) is 101 Å². The van der Waals surface area contributed by atoms with Gasteiger partial charge in [-0.2, -0.15) is 0 Å². The number of amides is 4. The molecule has 0 bridgehead atoms. The first-order valence-corrected chi connectivity index (χ1v) is 26.6. The van der Waals surface area contributed by atoms with Crippen LogP contribution in [0, 0.1) is 12.3 Å². The van der Waals surface area contributed by atoms with E-state index in [1.807, 2.05) is 98.8 Å². The Hall–Kier alpha value is -6.55. The molecule has 4 aromatic carbocycles. The monoisotopic (exact) mass is 1010 g/mol. The Labute approximate surface area is 434 Å². The molecule has 73 heavy (non-hydrogen) atoms. The van der Waals surface area contributed by atoms with Crippen LogP contribution in [0.1, 0.15) is 107 Å². The molecule has 2 aliphatic heterocycles. The first kappa shape index (κ1) is 54.2. The number of aliphatic hydroxyl groups is 1. The summed E-state index contributed by atoms with van der Waals surface area (Å²) in [6, 6.07) is 28.7. The Kier molecular flexibility index (Phi) is 18.9. The number of aromatic hydroxyl groups is 2. The van der Waals surface area contributed by atoms with Crippen LogP contribution in [0.3, 0.4) is 0 Å². The molecule has 0 radical (unpaired) electrons. The second-order valence-corrected chi connectivity index (χ2v) is 21.1. The molecule has 0 saturated carbocycles. The SMILES string of the molecule is CCC(=C(c1ccc(O)cc1)c1ccc(OCCN2CCN(C(=O)CCCCCCC(=O)NC(C(=O)N3C[C@H](O)C[C@H]3C(=O)NCc3ccc(-c4scnc4C)cc3)C(C)(C)C)CC2)cc1)c1ccc(O)cc1. The number of benzene rings is 4. The van der Waals surface area contributed by atoms with Crippen molar-refractivity contribution in [1.82, 2.24) is 30.3 Å². The van der Waals surface area contributed by atoms with E-state index in [-0.39, 0.29) is 61.1 Å². The van der Waals surface area contributed by atoms with E-state index >= 15 is 0 Å². The number of phenols is 2. The van der Waals surface area contributed by atoms with Crippen molar-refractivity contribution in [3.05, 3.63) is 131 Å². The molecule has 15 heteroatoms. The fourth-order valence-corrected chi connectivity index (χ4v) is 10.5. The number of nitrogens with zero attached hydrogens (tertiary/aromatic N) is 4. The number of phenolic OH excluding ortho intramolecular Hbond substituents is 2. The van der Waals surface area contributed by atoms with Gasteiger partial charge in [0.05, 0.1) is 22.2 Å². The molecule has 2 fully saturated rings. The molecule has 1 aromatic heterocycles. The average molecular weight is 1010 g/mol. The highest BCUT2D eigenvalue weighted by Gasteiger charge is 2.44. The van der Waals surface area contributed by atoms with Gasteiger partial charge in [0, 0.05) is 65.1 Å². The minimum atomic E-state index is -0.888. The summed E-state index contributed by atoms with van der Waals surface area (Å²) in [5.41, 5.74) is 9.28. The predicted octanol–water partition coefficient (Wildman–Crippen LogP) is 8.57. The molecule has 2 aliphatic rings. The van der Waals surface area contributed by atoms with Crippen LogP contribution in [0.4, 0.5) is 0 Å². The zero-order valence-corrected chi connectivity index (χ0v) is 43.8. The van der Waals surface area contributed by atoms with Crippen LogP contribution in [0.2, 0.25) is 0 Å². The minimum Gasteiger partial charge on any atom is -0.508 e. The van der Waals surface area contributed by atoms with Crippen LogP contribution in [0.5, 0.6) is 17.2 Å². The van der Waals surface area contributed by atoms with Crippen molar-refractivity contribution < 1.29 is 39.2 Å². The highest BCUT2D eigenvalue weighted by atomic mass is 32.1. The van der Waals surface area contributed by atoms with E-state index in [1.165, 1.54) is 4.90 Å². The number of β-amino-alcohol motifs (C(OH)–C–C–N with tert-alkyl or cyclic N) is 1. The molecular formula is C58H72N6O8S. The maximum Gasteiger partial charge on any atom is 0.246 e. The Morgan fingerprint density at radius 3 is 1.99 bits per heavy atom. The number of likely N-dealkylation sites (tertiary alicyclic amines) is 1. The molecular weight excluding hydrogens is 941 g/mol. The lowest BCUT2D eigenvalue weighted by atomic mass is 9.85. The van der Waals surface area contributed by atoms with E-state index < -0.39 is 23.6 Å². The third-order valence-corrected chi connectivity index (χ3v) is 14.8. The lowest BCUT2D eigenvalue weighted by molar-refractivity contribution is -0.144. The number of nitrogens with one attached hydrogen (secondary N) is 2. The highest BCUT2D eigenvalue weighted by Crippen LogP contribution is 2.36. The van der Waals surface area contributed by atoms with E-state index in [0.29, 0.717) is 32.5 Å². The van der Waals surface area contributed by atoms with Crippen LogP contribution >= 0.6 is 11.3 Å². The molecule has 4 amide bonds. The number of carbonyl (C=O) groups is 4. The van der Waals surface area contributed by atoms with Crippen molar-refractivity contribution in [2.75, 3.05) is 45.9 Å². The molecule has 3 atom stereocenters. The van der Waals surface area contributed by atoms with Crippen molar-refractivity contribution in [2.45, 2.75) is 111 Å². The molecule has 5 aromatic rings. The number of aryl methyl sites for hydroxylation is 1. The van der Waals surface area contributed by atoms with Crippen molar-refractivity contribution in [2.24, 2.45) is 5.41 Å². The molecule has 0 aliphatic carbocycles. The van der Waals surface area contributed by atoms with Crippen LogP contribution in [-0.4, -0.2) is 123 Å². The van der Waals surface area contributed by atoms with Gasteiger partial charge in [0.2, 0.25) is 23.6 Å². The minimum absolute atomic E-state index is 0.0119. The number of aliphatic hydroxyl groups excluding tert-OH is 1. The summed E-state index contributed by atoms with van der Waals surface area (Å²) in [7, 11) is 0. The van der Waals surface area contributed by atoms with Gasteiger partial charge in [0.15, 0.2) is 0 Å². The summed E-state index contributed by atoms with van der Waals surface area (Å²) < 4.78 is 6.17. The second kappa shape index (κ2) is 25.4. The van der Waals surface area contributed by atoms with Gasteiger partial charge in [-0.1, -0.05) is 101 Å².